The molecule has 0 aromatic heterocycles. The molecular formula is C13H18N4O11S2. The topological polar surface area (TPSA) is 219 Å². The number of nitro groups is 2. The Labute approximate surface area is 170 Å². The average molecular weight is 470 g/mol. The molecule has 0 saturated carbocycles. The van der Waals surface area contributed by atoms with E-state index < -0.39 is 84.9 Å². The predicted molar refractivity (Wildman–Crippen MR) is 102 cm³/mol. The van der Waals surface area contributed by atoms with Crippen LogP contribution < -0.4 is 10.6 Å². The van der Waals surface area contributed by atoms with Gasteiger partial charge in [-0.3, -0.25) is 33.4 Å². The van der Waals surface area contributed by atoms with Crippen LogP contribution in [-0.2, 0) is 28.6 Å². The first-order chi connectivity index (χ1) is 13.6. The lowest BCUT2D eigenvalue weighted by Gasteiger charge is -2.24. The molecule has 168 valence electrons. The van der Waals surface area contributed by atoms with Crippen LogP contribution in [0.15, 0.2) is 12.1 Å². The van der Waals surface area contributed by atoms with Crippen molar-refractivity contribution in [2.45, 2.75) is 0 Å². The van der Waals surface area contributed by atoms with Gasteiger partial charge in [-0.15, -0.1) is 0 Å². The van der Waals surface area contributed by atoms with Crippen LogP contribution in [0.5, 0.6) is 0 Å². The van der Waals surface area contributed by atoms with Crippen molar-refractivity contribution in [2.24, 2.45) is 5.73 Å². The van der Waals surface area contributed by atoms with E-state index in [1.165, 1.54) is 0 Å². The van der Waals surface area contributed by atoms with Crippen LogP contribution >= 0.6 is 0 Å². The summed E-state index contributed by atoms with van der Waals surface area (Å²) < 4.78 is 53.8. The van der Waals surface area contributed by atoms with Gasteiger partial charge in [0.05, 0.1) is 35.6 Å². The Morgan fingerprint density at radius 2 is 1.47 bits per heavy atom. The zero-order valence-corrected chi connectivity index (χ0v) is 17.3. The zero-order valence-electron chi connectivity index (χ0n) is 15.7. The van der Waals surface area contributed by atoms with Gasteiger partial charge < -0.3 is 10.6 Å². The smallest absolute Gasteiger partial charge is 0.312 e. The van der Waals surface area contributed by atoms with Crippen LogP contribution in [0.4, 0.5) is 17.1 Å². The highest BCUT2D eigenvalue weighted by Crippen LogP contribution is 2.40. The summed E-state index contributed by atoms with van der Waals surface area (Å²) in [5.74, 6) is -1.24. The van der Waals surface area contributed by atoms with Crippen molar-refractivity contribution in [3.8, 4) is 0 Å². The molecule has 0 bridgehead atoms. The molecule has 0 spiro atoms. The van der Waals surface area contributed by atoms with Crippen molar-refractivity contribution in [3.05, 3.63) is 37.9 Å². The van der Waals surface area contributed by atoms with Crippen molar-refractivity contribution in [1.29, 1.82) is 0 Å². The van der Waals surface area contributed by atoms with Gasteiger partial charge in [0.25, 0.3) is 31.8 Å². The molecule has 0 saturated heterocycles. The van der Waals surface area contributed by atoms with E-state index >= 15 is 0 Å². The predicted octanol–water partition coefficient (Wildman–Crippen LogP) is -0.639. The number of anilines is 1. The summed E-state index contributed by atoms with van der Waals surface area (Å²) in [7, 11) is -7.83. The van der Waals surface area contributed by atoms with Gasteiger partial charge in [-0.2, -0.15) is 16.8 Å². The molecule has 15 nitrogen and oxygen atoms in total. The summed E-state index contributed by atoms with van der Waals surface area (Å²) in [6.45, 7) is -2.12. The second-order valence-electron chi connectivity index (χ2n) is 5.75. The Balaban J connectivity index is 3.56. The number of carbonyl (C=O) groups is 1. The maximum Gasteiger partial charge on any atom is 0.312 e. The third kappa shape index (κ3) is 7.50. The third-order valence-corrected chi connectivity index (χ3v) is 4.60. The first-order valence-corrected chi connectivity index (χ1v) is 11.5. The highest BCUT2D eigenvalue weighted by atomic mass is 32.2. The number of primary amides is 1. The van der Waals surface area contributed by atoms with Crippen LogP contribution in [0, 0.1) is 20.2 Å². The lowest BCUT2D eigenvalue weighted by molar-refractivity contribution is -0.392. The summed E-state index contributed by atoms with van der Waals surface area (Å²) in [4.78, 5) is 33.5. The largest absolute Gasteiger partial charge is 0.365 e. The van der Waals surface area contributed by atoms with Crippen molar-refractivity contribution in [3.63, 3.8) is 0 Å². The quantitative estimate of drug-likeness (QED) is 0.229. The normalized spacial score (nSPS) is 11.8. The summed E-state index contributed by atoms with van der Waals surface area (Å²) in [6, 6.07) is 1.62. The fourth-order valence-electron chi connectivity index (χ4n) is 2.34. The van der Waals surface area contributed by atoms with E-state index in [0.717, 1.165) is 29.5 Å². The van der Waals surface area contributed by atoms with Crippen LogP contribution in [0.1, 0.15) is 10.4 Å². The Hall–Kier alpha value is -2.89. The molecule has 30 heavy (non-hydrogen) atoms. The molecule has 0 fully saturated rings. The van der Waals surface area contributed by atoms with Crippen molar-refractivity contribution >= 4 is 43.2 Å². The molecule has 0 atom stereocenters. The van der Waals surface area contributed by atoms with Gasteiger partial charge in [-0.25, -0.2) is 0 Å². The minimum absolute atomic E-state index is 0.468. The average Bonchev–Trinajstić information content (AvgIpc) is 2.56. The molecule has 17 heteroatoms. The molecule has 0 aliphatic carbocycles. The second-order valence-corrected chi connectivity index (χ2v) is 9.04. The van der Waals surface area contributed by atoms with E-state index in [9.17, 15) is 41.9 Å². The Morgan fingerprint density at radius 1 is 1.00 bits per heavy atom. The summed E-state index contributed by atoms with van der Waals surface area (Å²) in [5, 5.41) is 23.0. The monoisotopic (exact) mass is 470 g/mol. The van der Waals surface area contributed by atoms with Crippen molar-refractivity contribution in [2.75, 3.05) is 43.7 Å². The van der Waals surface area contributed by atoms with Crippen LogP contribution in [0.2, 0.25) is 0 Å². The molecule has 0 heterocycles. The Kier molecular flexibility index (Phi) is 8.17. The van der Waals surface area contributed by atoms with E-state index in [2.05, 4.69) is 8.37 Å². The first-order valence-electron chi connectivity index (χ1n) is 7.83. The highest BCUT2D eigenvalue weighted by molar-refractivity contribution is 7.86. The fraction of sp³-hybridized carbons (Fsp3) is 0.462. The molecule has 0 unspecified atom stereocenters. The van der Waals surface area contributed by atoms with Crippen LogP contribution in [-0.4, -0.2) is 71.4 Å². The lowest BCUT2D eigenvalue weighted by Crippen LogP contribution is -2.33. The number of rotatable bonds is 12. The van der Waals surface area contributed by atoms with E-state index in [4.69, 9.17) is 5.73 Å². The van der Waals surface area contributed by atoms with E-state index in [1.54, 1.807) is 0 Å². The Morgan fingerprint density at radius 3 is 1.80 bits per heavy atom. The zero-order chi connectivity index (χ0) is 23.3. The minimum Gasteiger partial charge on any atom is -0.365 e. The molecule has 2 N–H and O–H groups in total. The SMILES string of the molecule is CS(=O)(=O)OCCN(CCOS(C)(=O)=O)c1c([N+](=O)[O-])ccc(C(N)=O)c1[N+](=O)[O-]. The minimum atomic E-state index is -3.92. The molecule has 1 amide bonds. The molecule has 1 rings (SSSR count). The number of amides is 1. The van der Waals surface area contributed by atoms with E-state index in [-0.39, 0.29) is 0 Å². The van der Waals surface area contributed by atoms with E-state index in [0.29, 0.717) is 0 Å². The van der Waals surface area contributed by atoms with Gasteiger partial charge in [-0.05, 0) is 6.07 Å². The number of benzene rings is 1. The molecule has 0 radical (unpaired) electrons. The molecule has 0 aliphatic heterocycles. The van der Waals surface area contributed by atoms with E-state index in [1.807, 2.05) is 0 Å². The van der Waals surface area contributed by atoms with Gasteiger partial charge in [-0.1, -0.05) is 0 Å². The molecule has 1 aromatic carbocycles. The van der Waals surface area contributed by atoms with Crippen molar-refractivity contribution < 1.29 is 39.8 Å². The number of hydrogen-bond donors (Lipinski definition) is 1. The summed E-state index contributed by atoms with van der Waals surface area (Å²) >= 11 is 0. The lowest BCUT2D eigenvalue weighted by atomic mass is 10.1. The van der Waals surface area contributed by atoms with Gasteiger partial charge in [0.1, 0.15) is 5.56 Å². The number of nitro benzene ring substituents is 2. The molecular weight excluding hydrogens is 452 g/mol. The van der Waals surface area contributed by atoms with Gasteiger partial charge in [0.15, 0.2) is 5.69 Å². The first kappa shape index (κ1) is 25.1. The van der Waals surface area contributed by atoms with Crippen LogP contribution in [0.25, 0.3) is 0 Å². The maximum absolute atomic E-state index is 11.6. The standard InChI is InChI=1S/C13H18N4O11S2/c1-29(23,24)27-7-5-15(6-8-28-30(2,25)26)12-10(16(19)20)4-3-9(13(14)18)11(12)17(21)22/h3-4H,5-8H2,1-2H3,(H2,14,18). The van der Waals surface area contributed by atoms with Gasteiger partial charge >= 0.3 is 5.69 Å². The summed E-state index contributed by atoms with van der Waals surface area (Å²) in [6.07, 6.45) is 1.48. The van der Waals surface area contributed by atoms with Crippen LogP contribution in [0.3, 0.4) is 0 Å². The number of hydrogen-bond acceptors (Lipinski definition) is 12. The number of nitrogens with zero attached hydrogens (tertiary/aromatic N) is 3. The Bertz CT molecular complexity index is 1020. The van der Waals surface area contributed by atoms with Gasteiger partial charge in [0, 0.05) is 19.2 Å². The molecule has 1 aromatic rings. The van der Waals surface area contributed by atoms with Crippen molar-refractivity contribution in [1.82, 2.24) is 0 Å². The highest BCUT2D eigenvalue weighted by Gasteiger charge is 2.34. The molecule has 0 aliphatic rings. The maximum atomic E-state index is 11.6. The number of nitrogens with two attached hydrogens (primary N) is 1. The fourth-order valence-corrected chi connectivity index (χ4v) is 3.10. The third-order valence-electron chi connectivity index (χ3n) is 3.41. The number of carbonyl (C=O) groups excluding carboxylic acids is 1. The van der Waals surface area contributed by atoms with Gasteiger partial charge in [0.2, 0.25) is 0 Å². The summed E-state index contributed by atoms with van der Waals surface area (Å²) in [5.41, 5.74) is 1.99. The second kappa shape index (κ2) is 9.74.